The normalized spacial score (nSPS) is 12.3. The molecule has 112 valence electrons. The maximum absolute atomic E-state index is 12.9. The highest BCUT2D eigenvalue weighted by Gasteiger charge is 2.38. The number of hydrogen-bond donors (Lipinski definition) is 0. The third-order valence-corrected chi connectivity index (χ3v) is 8.57. The van der Waals surface area contributed by atoms with E-state index in [2.05, 4.69) is 33.9 Å². The topological polar surface area (TPSA) is 9.23 Å². The van der Waals surface area contributed by atoms with E-state index >= 15 is 0 Å². The summed E-state index contributed by atoms with van der Waals surface area (Å²) in [5.74, 6) is 0.698. The Morgan fingerprint density at radius 2 is 1.24 bits per heavy atom. The van der Waals surface area contributed by atoms with E-state index in [1.165, 1.54) is 12.1 Å². The fourth-order valence-electron chi connectivity index (χ4n) is 1.81. The molecular formula is C18H23FOSi. The van der Waals surface area contributed by atoms with Crippen LogP contribution in [0.25, 0.3) is 11.1 Å². The summed E-state index contributed by atoms with van der Waals surface area (Å²) in [6.07, 6.45) is 0. The van der Waals surface area contributed by atoms with Gasteiger partial charge in [0.2, 0.25) is 8.32 Å². The Hall–Kier alpha value is -1.61. The van der Waals surface area contributed by atoms with Crippen molar-refractivity contribution in [3.63, 3.8) is 0 Å². The Labute approximate surface area is 127 Å². The average Bonchev–Trinajstić information content (AvgIpc) is 2.39. The second kappa shape index (κ2) is 5.64. The van der Waals surface area contributed by atoms with Crippen molar-refractivity contribution >= 4 is 8.32 Å². The molecule has 0 spiro atoms. The van der Waals surface area contributed by atoms with Gasteiger partial charge in [0.1, 0.15) is 11.6 Å². The number of rotatable bonds is 3. The molecule has 0 heterocycles. The summed E-state index contributed by atoms with van der Waals surface area (Å²) in [5, 5.41) is 0.183. The van der Waals surface area contributed by atoms with Gasteiger partial charge < -0.3 is 4.43 Å². The third kappa shape index (κ3) is 3.73. The van der Waals surface area contributed by atoms with Crippen LogP contribution < -0.4 is 4.43 Å². The van der Waals surface area contributed by atoms with E-state index in [0.717, 1.165) is 16.9 Å². The fraction of sp³-hybridized carbons (Fsp3) is 0.333. The van der Waals surface area contributed by atoms with Crippen molar-refractivity contribution in [2.75, 3.05) is 0 Å². The molecule has 0 unspecified atom stereocenters. The van der Waals surface area contributed by atoms with Crippen LogP contribution in [0.2, 0.25) is 18.1 Å². The van der Waals surface area contributed by atoms with Gasteiger partial charge in [0.25, 0.3) is 0 Å². The largest absolute Gasteiger partial charge is 0.544 e. The zero-order valence-electron chi connectivity index (χ0n) is 13.4. The summed E-state index contributed by atoms with van der Waals surface area (Å²) in [5.41, 5.74) is 2.08. The standard InChI is InChI=1S/C18H23FOSi/c1-18(2,3)21(4,5)20-17-12-8-15(9-13-17)14-6-10-16(19)11-7-14/h6-13H,1-5H3. The lowest BCUT2D eigenvalue weighted by atomic mass is 10.1. The van der Waals surface area contributed by atoms with Gasteiger partial charge in [-0.3, -0.25) is 0 Å². The average molecular weight is 302 g/mol. The second-order valence-electron chi connectivity index (χ2n) is 6.89. The van der Waals surface area contributed by atoms with Crippen LogP contribution in [0.3, 0.4) is 0 Å². The molecule has 1 nitrogen and oxygen atoms in total. The smallest absolute Gasteiger partial charge is 0.250 e. The SMILES string of the molecule is CC(C)(C)[Si](C)(C)Oc1ccc(-c2ccc(F)cc2)cc1. The van der Waals surface area contributed by atoms with Crippen LogP contribution in [0.5, 0.6) is 5.75 Å². The molecule has 2 aromatic carbocycles. The molecule has 0 aliphatic carbocycles. The fourth-order valence-corrected chi connectivity index (χ4v) is 2.84. The molecule has 21 heavy (non-hydrogen) atoms. The van der Waals surface area contributed by atoms with Gasteiger partial charge >= 0.3 is 0 Å². The van der Waals surface area contributed by atoms with Crippen LogP contribution >= 0.6 is 0 Å². The summed E-state index contributed by atoms with van der Waals surface area (Å²) < 4.78 is 19.2. The van der Waals surface area contributed by atoms with Gasteiger partial charge in [-0.25, -0.2) is 4.39 Å². The summed E-state index contributed by atoms with van der Waals surface area (Å²) >= 11 is 0. The molecular weight excluding hydrogens is 279 g/mol. The van der Waals surface area contributed by atoms with Gasteiger partial charge in [-0.1, -0.05) is 45.0 Å². The molecule has 0 atom stereocenters. The van der Waals surface area contributed by atoms with Crippen molar-refractivity contribution in [3.05, 3.63) is 54.3 Å². The van der Waals surface area contributed by atoms with E-state index in [-0.39, 0.29) is 10.9 Å². The van der Waals surface area contributed by atoms with Crippen molar-refractivity contribution in [1.29, 1.82) is 0 Å². The number of hydrogen-bond acceptors (Lipinski definition) is 1. The molecule has 0 radical (unpaired) electrons. The first-order valence-corrected chi connectivity index (χ1v) is 10.1. The van der Waals surface area contributed by atoms with Crippen molar-refractivity contribution in [2.24, 2.45) is 0 Å². The first kappa shape index (κ1) is 15.8. The van der Waals surface area contributed by atoms with Crippen LogP contribution in [0.15, 0.2) is 48.5 Å². The summed E-state index contributed by atoms with van der Waals surface area (Å²) in [6.45, 7) is 11.2. The molecule has 0 fully saturated rings. The molecule has 0 saturated carbocycles. The molecule has 0 aromatic heterocycles. The highest BCUT2D eigenvalue weighted by molar-refractivity contribution is 6.74. The van der Waals surface area contributed by atoms with Gasteiger partial charge in [0, 0.05) is 0 Å². The van der Waals surface area contributed by atoms with E-state index in [1.54, 1.807) is 12.1 Å². The van der Waals surface area contributed by atoms with E-state index in [4.69, 9.17) is 4.43 Å². The molecule has 2 rings (SSSR count). The Balaban J connectivity index is 2.18. The Kier molecular flexibility index (Phi) is 4.24. The Morgan fingerprint density at radius 3 is 1.67 bits per heavy atom. The minimum absolute atomic E-state index is 0.183. The Bertz CT molecular complexity index is 595. The van der Waals surface area contributed by atoms with Gasteiger partial charge in [-0.2, -0.15) is 0 Å². The van der Waals surface area contributed by atoms with Crippen molar-refractivity contribution in [3.8, 4) is 16.9 Å². The van der Waals surface area contributed by atoms with Crippen molar-refractivity contribution < 1.29 is 8.82 Å². The van der Waals surface area contributed by atoms with Crippen LogP contribution in [0.4, 0.5) is 4.39 Å². The molecule has 0 bridgehead atoms. The predicted octanol–water partition coefficient (Wildman–Crippen LogP) is 5.88. The molecule has 0 aliphatic heterocycles. The maximum atomic E-state index is 12.9. The van der Waals surface area contributed by atoms with E-state index in [9.17, 15) is 4.39 Å². The lowest BCUT2D eigenvalue weighted by Gasteiger charge is -2.36. The highest BCUT2D eigenvalue weighted by Crippen LogP contribution is 2.37. The van der Waals surface area contributed by atoms with Crippen molar-refractivity contribution in [2.45, 2.75) is 38.9 Å². The minimum Gasteiger partial charge on any atom is -0.544 e. The third-order valence-electron chi connectivity index (χ3n) is 4.21. The number of benzene rings is 2. The summed E-state index contributed by atoms with van der Waals surface area (Å²) in [4.78, 5) is 0. The monoisotopic (exact) mass is 302 g/mol. The molecule has 0 aliphatic rings. The lowest BCUT2D eigenvalue weighted by molar-refractivity contribution is 0.492. The quantitative estimate of drug-likeness (QED) is 0.644. The molecule has 3 heteroatoms. The predicted molar refractivity (Wildman–Crippen MR) is 89.7 cm³/mol. The first-order chi connectivity index (χ1) is 9.69. The zero-order chi connectivity index (χ0) is 15.7. The van der Waals surface area contributed by atoms with Crippen LogP contribution in [-0.4, -0.2) is 8.32 Å². The molecule has 0 N–H and O–H groups in total. The van der Waals surface area contributed by atoms with Gasteiger partial charge in [0.05, 0.1) is 0 Å². The van der Waals surface area contributed by atoms with Crippen LogP contribution in [0.1, 0.15) is 20.8 Å². The summed E-state index contributed by atoms with van der Waals surface area (Å²) in [7, 11) is -1.80. The van der Waals surface area contributed by atoms with Crippen molar-refractivity contribution in [1.82, 2.24) is 0 Å². The highest BCUT2D eigenvalue weighted by atomic mass is 28.4. The van der Waals surface area contributed by atoms with E-state index in [0.29, 0.717) is 0 Å². The van der Waals surface area contributed by atoms with Crippen LogP contribution in [-0.2, 0) is 0 Å². The molecule has 0 saturated heterocycles. The number of halogens is 1. The van der Waals surface area contributed by atoms with Gasteiger partial charge in [-0.15, -0.1) is 0 Å². The van der Waals surface area contributed by atoms with Gasteiger partial charge in [0.15, 0.2) is 0 Å². The summed E-state index contributed by atoms with van der Waals surface area (Å²) in [6, 6.07) is 14.6. The Morgan fingerprint density at radius 1 is 0.810 bits per heavy atom. The first-order valence-electron chi connectivity index (χ1n) is 7.24. The lowest BCUT2D eigenvalue weighted by Crippen LogP contribution is -2.43. The molecule has 2 aromatic rings. The molecule has 0 amide bonds. The van der Waals surface area contributed by atoms with E-state index < -0.39 is 8.32 Å². The zero-order valence-corrected chi connectivity index (χ0v) is 14.4. The maximum Gasteiger partial charge on any atom is 0.250 e. The minimum atomic E-state index is -1.80. The van der Waals surface area contributed by atoms with Gasteiger partial charge in [-0.05, 0) is 53.5 Å². The van der Waals surface area contributed by atoms with E-state index in [1.807, 2.05) is 24.3 Å². The second-order valence-corrected chi connectivity index (χ2v) is 11.6. The van der Waals surface area contributed by atoms with Crippen LogP contribution in [0, 0.1) is 5.82 Å².